The van der Waals surface area contributed by atoms with Crippen molar-refractivity contribution in [1.82, 2.24) is 4.90 Å². The Bertz CT molecular complexity index is 999. The standard InChI is InChI=1S/C22H22N2O6/c1-4-13(2)24-20(26)17-10-5-14(11-18(17)21(24)27)22(28)30-12-19(25)23-15-6-8-16(29-3)9-7-15/h5-11,13H,4,12H2,1-3H3,(H,23,25)/t13-/m1/s1. The lowest BCUT2D eigenvalue weighted by molar-refractivity contribution is -0.119. The fourth-order valence-corrected chi connectivity index (χ4v) is 3.06. The number of carbonyl (C=O) groups is 4. The maximum atomic E-state index is 12.6. The second-order valence-corrected chi connectivity index (χ2v) is 6.85. The zero-order chi connectivity index (χ0) is 21.8. The molecular weight excluding hydrogens is 388 g/mol. The molecule has 2 aromatic carbocycles. The number of ether oxygens (including phenoxy) is 2. The number of fused-ring (bicyclic) bond motifs is 1. The second kappa shape index (κ2) is 8.77. The quantitative estimate of drug-likeness (QED) is 0.556. The molecule has 0 aromatic heterocycles. The number of nitrogens with zero attached hydrogens (tertiary/aromatic N) is 1. The topological polar surface area (TPSA) is 102 Å². The number of hydrogen-bond acceptors (Lipinski definition) is 6. The number of anilines is 1. The van der Waals surface area contributed by atoms with Gasteiger partial charge in [0.15, 0.2) is 6.61 Å². The number of esters is 1. The zero-order valence-electron chi connectivity index (χ0n) is 16.9. The van der Waals surface area contributed by atoms with Gasteiger partial charge in [-0.1, -0.05) is 6.92 Å². The molecule has 0 saturated heterocycles. The maximum Gasteiger partial charge on any atom is 0.338 e. The van der Waals surface area contributed by atoms with Crippen molar-refractivity contribution < 1.29 is 28.7 Å². The van der Waals surface area contributed by atoms with Gasteiger partial charge in [-0.15, -0.1) is 0 Å². The van der Waals surface area contributed by atoms with Crippen LogP contribution in [0.5, 0.6) is 5.75 Å². The van der Waals surface area contributed by atoms with E-state index >= 15 is 0 Å². The molecule has 1 aliphatic heterocycles. The predicted octanol–water partition coefficient (Wildman–Crippen LogP) is 2.89. The van der Waals surface area contributed by atoms with E-state index in [9.17, 15) is 19.2 Å². The van der Waals surface area contributed by atoms with Crippen molar-refractivity contribution in [2.24, 2.45) is 0 Å². The summed E-state index contributed by atoms with van der Waals surface area (Å²) in [6.45, 7) is 3.18. The fourth-order valence-electron chi connectivity index (χ4n) is 3.06. The predicted molar refractivity (Wildman–Crippen MR) is 109 cm³/mol. The fraction of sp³-hybridized carbons (Fsp3) is 0.273. The summed E-state index contributed by atoms with van der Waals surface area (Å²) in [4.78, 5) is 50.5. The van der Waals surface area contributed by atoms with Gasteiger partial charge in [-0.25, -0.2) is 4.79 Å². The number of benzene rings is 2. The van der Waals surface area contributed by atoms with E-state index in [2.05, 4.69) is 5.32 Å². The molecule has 1 heterocycles. The van der Waals surface area contributed by atoms with Crippen LogP contribution in [0, 0.1) is 0 Å². The molecule has 8 nitrogen and oxygen atoms in total. The molecule has 0 fully saturated rings. The summed E-state index contributed by atoms with van der Waals surface area (Å²) in [6, 6.07) is 10.6. The van der Waals surface area contributed by atoms with Crippen LogP contribution >= 0.6 is 0 Å². The molecule has 0 aliphatic carbocycles. The number of nitrogens with one attached hydrogen (secondary N) is 1. The summed E-state index contributed by atoms with van der Waals surface area (Å²) in [5.41, 5.74) is 1.05. The first-order valence-electron chi connectivity index (χ1n) is 9.48. The van der Waals surface area contributed by atoms with Crippen molar-refractivity contribution in [3.8, 4) is 5.75 Å². The van der Waals surface area contributed by atoms with Crippen LogP contribution in [0.3, 0.4) is 0 Å². The van der Waals surface area contributed by atoms with E-state index in [4.69, 9.17) is 9.47 Å². The number of imide groups is 1. The number of carbonyl (C=O) groups excluding carboxylic acids is 4. The third kappa shape index (κ3) is 4.17. The highest BCUT2D eigenvalue weighted by atomic mass is 16.5. The Labute approximate surface area is 173 Å². The van der Waals surface area contributed by atoms with E-state index in [1.54, 1.807) is 31.2 Å². The first-order valence-corrected chi connectivity index (χ1v) is 9.48. The molecule has 8 heteroatoms. The van der Waals surface area contributed by atoms with Crippen LogP contribution in [0.25, 0.3) is 0 Å². The van der Waals surface area contributed by atoms with Crippen LogP contribution in [0.4, 0.5) is 5.69 Å². The molecule has 1 atom stereocenters. The molecule has 3 rings (SSSR count). The van der Waals surface area contributed by atoms with Crippen LogP contribution in [0.15, 0.2) is 42.5 Å². The van der Waals surface area contributed by atoms with E-state index in [0.717, 1.165) is 0 Å². The normalized spacial score (nSPS) is 13.6. The van der Waals surface area contributed by atoms with Crippen LogP contribution in [-0.2, 0) is 9.53 Å². The van der Waals surface area contributed by atoms with Gasteiger partial charge >= 0.3 is 5.97 Å². The SMILES string of the molecule is CC[C@@H](C)N1C(=O)c2ccc(C(=O)OCC(=O)Nc3ccc(OC)cc3)cc2C1=O. The van der Waals surface area contributed by atoms with Gasteiger partial charge < -0.3 is 14.8 Å². The van der Waals surface area contributed by atoms with Crippen LogP contribution in [0.2, 0.25) is 0 Å². The van der Waals surface area contributed by atoms with E-state index in [0.29, 0.717) is 17.9 Å². The third-order valence-electron chi connectivity index (χ3n) is 4.89. The van der Waals surface area contributed by atoms with Gasteiger partial charge in [-0.3, -0.25) is 19.3 Å². The Morgan fingerprint density at radius 3 is 2.33 bits per heavy atom. The van der Waals surface area contributed by atoms with E-state index < -0.39 is 24.4 Å². The average molecular weight is 410 g/mol. The smallest absolute Gasteiger partial charge is 0.338 e. The van der Waals surface area contributed by atoms with Gasteiger partial charge in [0.2, 0.25) is 0 Å². The van der Waals surface area contributed by atoms with Gasteiger partial charge in [0.25, 0.3) is 17.7 Å². The lowest BCUT2D eigenvalue weighted by Gasteiger charge is -2.20. The Morgan fingerprint density at radius 2 is 1.70 bits per heavy atom. The number of amides is 3. The van der Waals surface area contributed by atoms with Gasteiger partial charge in [-0.2, -0.15) is 0 Å². The number of methoxy groups -OCH3 is 1. The van der Waals surface area contributed by atoms with Crippen LogP contribution < -0.4 is 10.1 Å². The van der Waals surface area contributed by atoms with Gasteiger partial charge in [-0.05, 0) is 55.8 Å². The van der Waals surface area contributed by atoms with Crippen LogP contribution in [-0.4, -0.2) is 48.3 Å². The van der Waals surface area contributed by atoms with E-state index in [1.165, 1.54) is 30.2 Å². The largest absolute Gasteiger partial charge is 0.497 e. The van der Waals surface area contributed by atoms with Crippen molar-refractivity contribution in [3.05, 3.63) is 59.2 Å². The summed E-state index contributed by atoms with van der Waals surface area (Å²) >= 11 is 0. The molecule has 0 radical (unpaired) electrons. The van der Waals surface area contributed by atoms with Crippen molar-refractivity contribution in [2.45, 2.75) is 26.3 Å². The summed E-state index contributed by atoms with van der Waals surface area (Å²) in [5, 5.41) is 2.60. The minimum atomic E-state index is -0.759. The Morgan fingerprint density at radius 1 is 1.03 bits per heavy atom. The molecule has 2 aromatic rings. The molecule has 0 saturated carbocycles. The van der Waals surface area contributed by atoms with Crippen molar-refractivity contribution in [3.63, 3.8) is 0 Å². The van der Waals surface area contributed by atoms with Crippen molar-refractivity contribution in [1.29, 1.82) is 0 Å². The summed E-state index contributed by atoms with van der Waals surface area (Å²) < 4.78 is 10.1. The second-order valence-electron chi connectivity index (χ2n) is 6.85. The molecule has 0 unspecified atom stereocenters. The lowest BCUT2D eigenvalue weighted by Crippen LogP contribution is -2.37. The minimum absolute atomic E-state index is 0.0955. The Hall–Kier alpha value is -3.68. The first-order chi connectivity index (χ1) is 14.3. The highest BCUT2D eigenvalue weighted by Crippen LogP contribution is 2.27. The number of rotatable bonds is 7. The van der Waals surface area contributed by atoms with E-state index in [1.807, 2.05) is 6.92 Å². The van der Waals surface area contributed by atoms with Crippen molar-refractivity contribution >= 4 is 29.4 Å². The molecule has 0 bridgehead atoms. The third-order valence-corrected chi connectivity index (χ3v) is 4.89. The maximum absolute atomic E-state index is 12.6. The average Bonchev–Trinajstić information content (AvgIpc) is 3.01. The van der Waals surface area contributed by atoms with Gasteiger partial charge in [0.05, 0.1) is 23.8 Å². The molecule has 1 N–H and O–H groups in total. The highest BCUT2D eigenvalue weighted by molar-refractivity contribution is 6.22. The monoisotopic (exact) mass is 410 g/mol. The Kier molecular flexibility index (Phi) is 6.15. The first kappa shape index (κ1) is 21.0. The molecule has 0 spiro atoms. The van der Waals surface area contributed by atoms with E-state index in [-0.39, 0.29) is 28.6 Å². The van der Waals surface area contributed by atoms with Crippen LogP contribution in [0.1, 0.15) is 51.3 Å². The van der Waals surface area contributed by atoms with Gasteiger partial charge in [0, 0.05) is 11.7 Å². The summed E-state index contributed by atoms with van der Waals surface area (Å²) in [6.07, 6.45) is 0.629. The minimum Gasteiger partial charge on any atom is -0.497 e. The lowest BCUT2D eigenvalue weighted by atomic mass is 10.1. The summed E-state index contributed by atoms with van der Waals surface area (Å²) in [7, 11) is 1.54. The Balaban J connectivity index is 1.63. The highest BCUT2D eigenvalue weighted by Gasteiger charge is 2.38. The molecule has 156 valence electrons. The zero-order valence-corrected chi connectivity index (χ0v) is 16.9. The van der Waals surface area contributed by atoms with Crippen molar-refractivity contribution in [2.75, 3.05) is 19.0 Å². The molecular formula is C22H22N2O6. The summed E-state index contributed by atoms with van der Waals surface area (Å²) in [5.74, 6) is -1.43. The molecule has 30 heavy (non-hydrogen) atoms. The molecule has 1 aliphatic rings. The molecule has 3 amide bonds. The number of hydrogen-bond donors (Lipinski definition) is 1. The van der Waals surface area contributed by atoms with Gasteiger partial charge in [0.1, 0.15) is 5.75 Å².